The SMILES string of the molecule is Cc1cc(C)c2onc(CC(=O)Nc3ccc(N(C)C)cc3)c2c1. The van der Waals surface area contributed by atoms with E-state index in [0.717, 1.165) is 33.5 Å². The number of carbonyl (C=O) groups is 1. The van der Waals surface area contributed by atoms with Crippen LogP contribution in [-0.2, 0) is 11.2 Å². The first-order chi connectivity index (χ1) is 11.4. The molecule has 1 heterocycles. The number of hydrogen-bond acceptors (Lipinski definition) is 4. The second-order valence-electron chi connectivity index (χ2n) is 6.25. The third-order valence-electron chi connectivity index (χ3n) is 3.97. The van der Waals surface area contributed by atoms with Crippen molar-refractivity contribution in [2.24, 2.45) is 0 Å². The van der Waals surface area contributed by atoms with Crippen molar-refractivity contribution in [1.29, 1.82) is 0 Å². The second-order valence-corrected chi connectivity index (χ2v) is 6.25. The Hall–Kier alpha value is -2.82. The second kappa shape index (κ2) is 6.35. The molecule has 3 aromatic rings. The highest BCUT2D eigenvalue weighted by Crippen LogP contribution is 2.24. The monoisotopic (exact) mass is 323 g/mol. The summed E-state index contributed by atoms with van der Waals surface area (Å²) in [4.78, 5) is 14.3. The average Bonchev–Trinajstić information content (AvgIpc) is 2.91. The standard InChI is InChI=1S/C19H21N3O2/c1-12-9-13(2)19-16(10-12)17(21-24-19)11-18(23)20-14-5-7-15(8-6-14)22(3)4/h5-10H,11H2,1-4H3,(H,20,23). The van der Waals surface area contributed by atoms with Crippen LogP contribution >= 0.6 is 0 Å². The highest BCUT2D eigenvalue weighted by molar-refractivity contribution is 5.95. The van der Waals surface area contributed by atoms with Crippen LogP contribution in [-0.4, -0.2) is 25.2 Å². The molecule has 2 aromatic carbocycles. The van der Waals surface area contributed by atoms with Gasteiger partial charge >= 0.3 is 0 Å². The highest BCUT2D eigenvalue weighted by atomic mass is 16.5. The molecule has 0 aliphatic carbocycles. The van der Waals surface area contributed by atoms with Crippen LogP contribution in [0.25, 0.3) is 11.0 Å². The molecule has 0 spiro atoms. The number of benzene rings is 2. The molecule has 0 aliphatic heterocycles. The van der Waals surface area contributed by atoms with E-state index >= 15 is 0 Å². The van der Waals surface area contributed by atoms with Gasteiger partial charge in [-0.2, -0.15) is 0 Å². The van der Waals surface area contributed by atoms with Gasteiger partial charge in [-0.05, 0) is 55.3 Å². The topological polar surface area (TPSA) is 58.4 Å². The number of nitrogens with one attached hydrogen (secondary N) is 1. The van der Waals surface area contributed by atoms with Gasteiger partial charge in [0, 0.05) is 30.9 Å². The zero-order valence-electron chi connectivity index (χ0n) is 14.4. The predicted octanol–water partition coefficient (Wildman–Crippen LogP) is 3.69. The van der Waals surface area contributed by atoms with Crippen LogP contribution in [0.1, 0.15) is 16.8 Å². The number of aromatic nitrogens is 1. The van der Waals surface area contributed by atoms with E-state index in [-0.39, 0.29) is 12.3 Å². The number of amides is 1. The predicted molar refractivity (Wildman–Crippen MR) is 96.6 cm³/mol. The molecule has 3 rings (SSSR count). The molecule has 124 valence electrons. The molecule has 0 bridgehead atoms. The van der Waals surface area contributed by atoms with Crippen molar-refractivity contribution in [3.05, 3.63) is 53.2 Å². The van der Waals surface area contributed by atoms with Gasteiger partial charge in [-0.1, -0.05) is 11.2 Å². The number of aryl methyl sites for hydroxylation is 2. The number of rotatable bonds is 4. The molecule has 0 radical (unpaired) electrons. The normalized spacial score (nSPS) is 10.8. The van der Waals surface area contributed by atoms with Crippen molar-refractivity contribution in [3.63, 3.8) is 0 Å². The van der Waals surface area contributed by atoms with Crippen LogP contribution in [0.2, 0.25) is 0 Å². The summed E-state index contributed by atoms with van der Waals surface area (Å²) in [7, 11) is 3.96. The van der Waals surface area contributed by atoms with Gasteiger partial charge in [-0.3, -0.25) is 4.79 Å². The number of carbonyl (C=O) groups excluding carboxylic acids is 1. The Morgan fingerprint density at radius 3 is 2.54 bits per heavy atom. The summed E-state index contributed by atoms with van der Waals surface area (Å²) in [6.45, 7) is 4.01. The molecular formula is C19H21N3O2. The van der Waals surface area contributed by atoms with E-state index in [9.17, 15) is 4.79 Å². The third kappa shape index (κ3) is 3.25. The molecular weight excluding hydrogens is 302 g/mol. The van der Waals surface area contributed by atoms with Crippen molar-refractivity contribution >= 4 is 28.3 Å². The first-order valence-electron chi connectivity index (χ1n) is 7.87. The van der Waals surface area contributed by atoms with Crippen LogP contribution in [0.4, 0.5) is 11.4 Å². The summed E-state index contributed by atoms with van der Waals surface area (Å²) in [5.74, 6) is -0.109. The summed E-state index contributed by atoms with van der Waals surface area (Å²) in [6, 6.07) is 11.8. The molecule has 1 amide bonds. The lowest BCUT2D eigenvalue weighted by atomic mass is 10.1. The Bertz CT molecular complexity index is 880. The van der Waals surface area contributed by atoms with E-state index in [0.29, 0.717) is 5.69 Å². The van der Waals surface area contributed by atoms with Crippen LogP contribution in [0.15, 0.2) is 40.9 Å². The van der Waals surface area contributed by atoms with Crippen molar-refractivity contribution in [3.8, 4) is 0 Å². The smallest absolute Gasteiger partial charge is 0.230 e. The maximum absolute atomic E-state index is 12.3. The lowest BCUT2D eigenvalue weighted by molar-refractivity contribution is -0.115. The Morgan fingerprint density at radius 1 is 1.17 bits per heavy atom. The lowest BCUT2D eigenvalue weighted by Gasteiger charge is -2.12. The van der Waals surface area contributed by atoms with Crippen molar-refractivity contribution in [2.75, 3.05) is 24.3 Å². The Labute approximate surface area is 141 Å². The quantitative estimate of drug-likeness (QED) is 0.795. The van der Waals surface area contributed by atoms with Gasteiger partial charge in [0.25, 0.3) is 0 Å². The van der Waals surface area contributed by atoms with Crippen molar-refractivity contribution < 1.29 is 9.32 Å². The lowest BCUT2D eigenvalue weighted by Crippen LogP contribution is -2.15. The van der Waals surface area contributed by atoms with E-state index < -0.39 is 0 Å². The summed E-state index contributed by atoms with van der Waals surface area (Å²) >= 11 is 0. The van der Waals surface area contributed by atoms with Gasteiger partial charge in [-0.25, -0.2) is 0 Å². The van der Waals surface area contributed by atoms with Crippen LogP contribution in [0.3, 0.4) is 0 Å². The molecule has 0 fully saturated rings. The minimum absolute atomic E-state index is 0.109. The Kier molecular flexibility index (Phi) is 4.25. The number of nitrogens with zero attached hydrogens (tertiary/aromatic N) is 2. The summed E-state index contributed by atoms with van der Waals surface area (Å²) in [5, 5.41) is 7.88. The third-order valence-corrected chi connectivity index (χ3v) is 3.97. The van der Waals surface area contributed by atoms with E-state index in [2.05, 4.69) is 10.5 Å². The first kappa shape index (κ1) is 16.1. The zero-order valence-corrected chi connectivity index (χ0v) is 14.4. The average molecular weight is 323 g/mol. The molecule has 0 unspecified atom stereocenters. The van der Waals surface area contributed by atoms with Gasteiger partial charge in [0.05, 0.1) is 6.42 Å². The van der Waals surface area contributed by atoms with Gasteiger partial charge in [0.1, 0.15) is 5.69 Å². The van der Waals surface area contributed by atoms with Crippen molar-refractivity contribution in [1.82, 2.24) is 5.16 Å². The van der Waals surface area contributed by atoms with Crippen LogP contribution < -0.4 is 10.2 Å². The number of fused-ring (bicyclic) bond motifs is 1. The maximum atomic E-state index is 12.3. The molecule has 1 N–H and O–H groups in total. The molecule has 5 heteroatoms. The van der Waals surface area contributed by atoms with Crippen molar-refractivity contribution in [2.45, 2.75) is 20.3 Å². The van der Waals surface area contributed by atoms with Gasteiger partial charge < -0.3 is 14.7 Å². The fourth-order valence-electron chi connectivity index (χ4n) is 2.77. The Morgan fingerprint density at radius 2 is 1.88 bits per heavy atom. The molecule has 0 atom stereocenters. The Balaban J connectivity index is 1.75. The summed E-state index contributed by atoms with van der Waals surface area (Å²) in [5.41, 5.74) is 5.43. The van der Waals surface area contributed by atoms with Crippen LogP contribution in [0.5, 0.6) is 0 Å². The maximum Gasteiger partial charge on any atom is 0.230 e. The van der Waals surface area contributed by atoms with Gasteiger partial charge in [0.2, 0.25) is 5.91 Å². The van der Waals surface area contributed by atoms with E-state index in [4.69, 9.17) is 4.52 Å². The molecule has 0 aliphatic rings. The largest absolute Gasteiger partial charge is 0.378 e. The molecule has 1 aromatic heterocycles. The van der Waals surface area contributed by atoms with E-state index in [1.807, 2.05) is 69.2 Å². The number of hydrogen-bond donors (Lipinski definition) is 1. The molecule has 5 nitrogen and oxygen atoms in total. The molecule has 0 saturated heterocycles. The van der Waals surface area contributed by atoms with E-state index in [1.54, 1.807) is 0 Å². The van der Waals surface area contributed by atoms with Gasteiger partial charge in [0.15, 0.2) is 5.58 Å². The fourth-order valence-corrected chi connectivity index (χ4v) is 2.77. The summed E-state index contributed by atoms with van der Waals surface area (Å²) < 4.78 is 5.39. The minimum atomic E-state index is -0.109. The molecule has 0 saturated carbocycles. The first-order valence-corrected chi connectivity index (χ1v) is 7.87. The van der Waals surface area contributed by atoms with Gasteiger partial charge in [-0.15, -0.1) is 0 Å². The number of anilines is 2. The molecule has 24 heavy (non-hydrogen) atoms. The zero-order chi connectivity index (χ0) is 17.3. The van der Waals surface area contributed by atoms with E-state index in [1.165, 1.54) is 0 Å². The fraction of sp³-hybridized carbons (Fsp3) is 0.263. The highest BCUT2D eigenvalue weighted by Gasteiger charge is 2.14. The van der Waals surface area contributed by atoms with Crippen LogP contribution in [0, 0.1) is 13.8 Å². The summed E-state index contributed by atoms with van der Waals surface area (Å²) in [6.07, 6.45) is 0.186. The minimum Gasteiger partial charge on any atom is -0.378 e.